The van der Waals surface area contributed by atoms with Crippen molar-refractivity contribution in [1.82, 2.24) is 0 Å². The van der Waals surface area contributed by atoms with Crippen molar-refractivity contribution in [1.29, 1.82) is 0 Å². The van der Waals surface area contributed by atoms with Crippen LogP contribution in [0.1, 0.15) is 5.56 Å². The fourth-order valence-electron chi connectivity index (χ4n) is 0.431. The molecule has 1 rings (SSSR count). The van der Waals surface area contributed by atoms with Gasteiger partial charge in [0.15, 0.2) is 0 Å². The summed E-state index contributed by atoms with van der Waals surface area (Å²) in [5.74, 6) is 0. The Morgan fingerprint density at radius 3 is 2.22 bits per heavy atom. The zero-order chi connectivity index (χ0) is 5.11. The SMILES string of the molecule is [CH2-]c1[c-]cccc1.[V].[Y]. The molecule has 0 saturated carbocycles. The summed E-state index contributed by atoms with van der Waals surface area (Å²) in [4.78, 5) is 0. The van der Waals surface area contributed by atoms with Gasteiger partial charge in [-0.3, -0.25) is 6.07 Å². The molecular weight excluding hydrogens is 224 g/mol. The third-order valence-electron chi connectivity index (χ3n) is 0.773. The van der Waals surface area contributed by atoms with E-state index in [4.69, 9.17) is 0 Å². The first-order valence-corrected chi connectivity index (χ1v) is 2.18. The molecule has 0 saturated heterocycles. The summed E-state index contributed by atoms with van der Waals surface area (Å²) in [6.07, 6.45) is 0. The molecule has 0 amide bonds. The van der Waals surface area contributed by atoms with Gasteiger partial charge in [-0.15, -0.1) is 6.07 Å². The second-order valence-electron chi connectivity index (χ2n) is 1.39. The first-order chi connectivity index (χ1) is 3.39. The fraction of sp³-hybridized carbons (Fsp3) is 0. The molecule has 0 unspecified atom stereocenters. The number of hydrogen-bond acceptors (Lipinski definition) is 0. The monoisotopic (exact) mass is 230 g/mol. The van der Waals surface area contributed by atoms with Crippen LogP contribution >= 0.6 is 0 Å². The van der Waals surface area contributed by atoms with E-state index < -0.39 is 0 Å². The van der Waals surface area contributed by atoms with Crippen LogP contribution < -0.4 is 0 Å². The van der Waals surface area contributed by atoms with Crippen molar-refractivity contribution in [2.24, 2.45) is 0 Å². The van der Waals surface area contributed by atoms with Crippen LogP contribution in [0.15, 0.2) is 24.3 Å². The zero-order valence-electron chi connectivity index (χ0n) is 5.04. The molecule has 2 radical (unpaired) electrons. The maximum Gasteiger partial charge on any atom is 0 e. The van der Waals surface area contributed by atoms with Gasteiger partial charge in [0.2, 0.25) is 0 Å². The Bertz CT molecular complexity index is 139. The molecular formula is C7H6VY-2. The molecule has 9 heavy (non-hydrogen) atoms. The molecule has 0 N–H and O–H groups in total. The third-order valence-corrected chi connectivity index (χ3v) is 0.773. The Morgan fingerprint density at radius 1 is 1.33 bits per heavy atom. The molecule has 0 spiro atoms. The summed E-state index contributed by atoms with van der Waals surface area (Å²) < 4.78 is 0. The Balaban J connectivity index is 0. The van der Waals surface area contributed by atoms with Crippen molar-refractivity contribution >= 4 is 0 Å². The van der Waals surface area contributed by atoms with Crippen molar-refractivity contribution in [2.75, 3.05) is 0 Å². The second-order valence-corrected chi connectivity index (χ2v) is 1.39. The van der Waals surface area contributed by atoms with Gasteiger partial charge >= 0.3 is 0 Å². The first-order valence-electron chi connectivity index (χ1n) is 2.18. The number of rotatable bonds is 0. The van der Waals surface area contributed by atoms with Crippen LogP contribution in [-0.2, 0) is 51.3 Å². The minimum atomic E-state index is 0. The van der Waals surface area contributed by atoms with E-state index in [9.17, 15) is 0 Å². The van der Waals surface area contributed by atoms with Crippen molar-refractivity contribution in [3.8, 4) is 0 Å². The van der Waals surface area contributed by atoms with Crippen LogP contribution in [0.25, 0.3) is 0 Å². The number of benzene rings is 1. The number of hydrogen-bond donors (Lipinski definition) is 0. The van der Waals surface area contributed by atoms with Gasteiger partial charge in [-0.05, 0) is 0 Å². The minimum Gasteiger partial charge on any atom is -0.374 e. The van der Waals surface area contributed by atoms with E-state index in [1.807, 2.05) is 24.3 Å². The molecule has 0 fully saturated rings. The van der Waals surface area contributed by atoms with Crippen LogP contribution in [0, 0.1) is 13.0 Å². The van der Waals surface area contributed by atoms with Crippen molar-refractivity contribution in [2.45, 2.75) is 0 Å². The smallest absolute Gasteiger partial charge is 0 e. The predicted octanol–water partition coefficient (Wildman–Crippen LogP) is 1.66. The van der Waals surface area contributed by atoms with E-state index in [2.05, 4.69) is 13.0 Å². The van der Waals surface area contributed by atoms with Crippen LogP contribution in [-0.4, -0.2) is 0 Å². The average Bonchev–Trinajstić information content (AvgIpc) is 1.69. The molecule has 2 heteroatoms. The van der Waals surface area contributed by atoms with E-state index in [0.717, 1.165) is 5.56 Å². The summed E-state index contributed by atoms with van der Waals surface area (Å²) in [6.45, 7) is 3.66. The third kappa shape index (κ3) is 5.23. The molecule has 0 nitrogen and oxygen atoms in total. The van der Waals surface area contributed by atoms with Gasteiger partial charge in [0, 0.05) is 51.3 Å². The van der Waals surface area contributed by atoms with Crippen molar-refractivity contribution < 1.29 is 51.3 Å². The zero-order valence-corrected chi connectivity index (χ0v) is 9.28. The Kier molecular flexibility index (Phi) is 9.54. The van der Waals surface area contributed by atoms with E-state index in [0.29, 0.717) is 0 Å². The molecule has 0 heterocycles. The van der Waals surface area contributed by atoms with E-state index >= 15 is 0 Å². The molecule has 0 bridgehead atoms. The van der Waals surface area contributed by atoms with E-state index in [-0.39, 0.29) is 51.3 Å². The first kappa shape index (κ1) is 12.5. The minimum absolute atomic E-state index is 0. The van der Waals surface area contributed by atoms with Crippen LogP contribution in [0.5, 0.6) is 0 Å². The second kappa shape index (κ2) is 6.89. The Labute approximate surface area is 93.2 Å². The van der Waals surface area contributed by atoms with Gasteiger partial charge in [0.05, 0.1) is 0 Å². The van der Waals surface area contributed by atoms with Gasteiger partial charge in [-0.25, -0.2) is 0 Å². The van der Waals surface area contributed by atoms with Crippen LogP contribution in [0.3, 0.4) is 0 Å². The average molecular weight is 230 g/mol. The molecule has 0 aliphatic rings. The quantitative estimate of drug-likeness (QED) is 0.594. The Hall–Kier alpha value is 0.778. The fourth-order valence-corrected chi connectivity index (χ4v) is 0.431. The summed E-state index contributed by atoms with van der Waals surface area (Å²) in [5, 5.41) is 0. The summed E-state index contributed by atoms with van der Waals surface area (Å²) >= 11 is 0. The van der Waals surface area contributed by atoms with Crippen molar-refractivity contribution in [3.63, 3.8) is 0 Å². The predicted molar refractivity (Wildman–Crippen MR) is 29.7 cm³/mol. The van der Waals surface area contributed by atoms with Gasteiger partial charge in [-0.2, -0.15) is 12.1 Å². The summed E-state index contributed by atoms with van der Waals surface area (Å²) in [6, 6.07) is 10.6. The molecule has 0 aliphatic heterocycles. The molecule has 44 valence electrons. The topological polar surface area (TPSA) is 0 Å². The summed E-state index contributed by atoms with van der Waals surface area (Å²) in [5.41, 5.74) is 0.947. The van der Waals surface area contributed by atoms with E-state index in [1.54, 1.807) is 0 Å². The standard InChI is InChI=1S/C7H6.V.Y/c1-7-5-3-2-4-6-7;;/h2-5H,1H2;;/q-2;;. The molecule has 0 aliphatic carbocycles. The van der Waals surface area contributed by atoms with Crippen molar-refractivity contribution in [3.05, 3.63) is 42.8 Å². The maximum absolute atomic E-state index is 3.66. The molecule has 0 atom stereocenters. The molecule has 1 aromatic carbocycles. The summed E-state index contributed by atoms with van der Waals surface area (Å²) in [7, 11) is 0. The Morgan fingerprint density at radius 2 is 2.00 bits per heavy atom. The maximum atomic E-state index is 3.66. The normalized spacial score (nSPS) is 6.67. The van der Waals surface area contributed by atoms with Crippen LogP contribution in [0.4, 0.5) is 0 Å². The largest absolute Gasteiger partial charge is 0.374 e. The van der Waals surface area contributed by atoms with Gasteiger partial charge in [0.1, 0.15) is 0 Å². The molecule has 1 aromatic rings. The van der Waals surface area contributed by atoms with Gasteiger partial charge in [0.25, 0.3) is 0 Å². The van der Waals surface area contributed by atoms with Crippen LogP contribution in [0.2, 0.25) is 0 Å². The van der Waals surface area contributed by atoms with Gasteiger partial charge in [-0.1, -0.05) is 0 Å². The molecule has 0 aromatic heterocycles. The van der Waals surface area contributed by atoms with Gasteiger partial charge < -0.3 is 18.6 Å². The van der Waals surface area contributed by atoms with E-state index in [1.165, 1.54) is 0 Å².